The Balaban J connectivity index is 0.000000194. The van der Waals surface area contributed by atoms with Crippen LogP contribution in [0.25, 0.3) is 21.8 Å². The highest BCUT2D eigenvalue weighted by molar-refractivity contribution is 14.1. The number of fused-ring (bicyclic) bond motifs is 2. The molecule has 31 heavy (non-hydrogen) atoms. The second-order valence-corrected chi connectivity index (χ2v) is 15.8. The predicted molar refractivity (Wildman–Crippen MR) is 146 cm³/mol. The predicted octanol–water partition coefficient (Wildman–Crippen LogP) is 6.45. The highest BCUT2D eigenvalue weighted by Crippen LogP contribution is 2.38. The molecule has 1 N–H and O–H groups in total. The summed E-state index contributed by atoms with van der Waals surface area (Å²) in [4.78, 5) is 0. The third kappa shape index (κ3) is 5.19. The summed E-state index contributed by atoms with van der Waals surface area (Å²) in [5, 5.41) is 20.3. The molecule has 0 radical (unpaired) electrons. The zero-order valence-electron chi connectivity index (χ0n) is 18.9. The lowest BCUT2D eigenvalue weighted by Gasteiger charge is -2.36. The van der Waals surface area contributed by atoms with E-state index in [1.165, 1.54) is 5.39 Å². The average molecular weight is 662 g/mol. The standard InChI is InChI=1S/C14H21IN2OSi.C8H7IN2O/c1-14(2,3)19(5,6)18-10-7-8-12-11(9-10)13(15)16-17(12)4;1-11-7-3-2-5(12)4-6(7)8(9)10-11/h7-9H,1-6H3;2-4,12H,1H3. The van der Waals surface area contributed by atoms with Crippen LogP contribution >= 0.6 is 45.2 Å². The molecule has 0 saturated carbocycles. The van der Waals surface area contributed by atoms with E-state index in [1.54, 1.807) is 16.8 Å². The van der Waals surface area contributed by atoms with Crippen LogP contribution in [0.15, 0.2) is 36.4 Å². The number of rotatable bonds is 2. The Kier molecular flexibility index (Phi) is 6.97. The van der Waals surface area contributed by atoms with Gasteiger partial charge in [0.1, 0.15) is 18.9 Å². The van der Waals surface area contributed by atoms with Gasteiger partial charge in [0.2, 0.25) is 8.32 Å². The van der Waals surface area contributed by atoms with Gasteiger partial charge in [-0.3, -0.25) is 9.36 Å². The van der Waals surface area contributed by atoms with Crippen LogP contribution in [0.2, 0.25) is 18.1 Å². The van der Waals surface area contributed by atoms with Crippen LogP contribution in [-0.4, -0.2) is 33.0 Å². The van der Waals surface area contributed by atoms with E-state index in [4.69, 9.17) is 4.43 Å². The average Bonchev–Trinajstić information content (AvgIpc) is 3.09. The Morgan fingerprint density at radius 2 is 1.35 bits per heavy atom. The molecule has 0 atom stereocenters. The van der Waals surface area contributed by atoms with Crippen molar-refractivity contribution in [2.75, 3.05) is 0 Å². The monoisotopic (exact) mass is 662 g/mol. The van der Waals surface area contributed by atoms with Crippen LogP contribution in [0.3, 0.4) is 0 Å². The maximum absolute atomic E-state index is 9.22. The first kappa shape index (κ1) is 24.3. The minimum atomic E-state index is -1.77. The highest BCUT2D eigenvalue weighted by Gasteiger charge is 2.39. The summed E-state index contributed by atoms with van der Waals surface area (Å²) in [5.41, 5.74) is 2.18. The van der Waals surface area contributed by atoms with E-state index in [9.17, 15) is 5.11 Å². The number of phenolic OH excluding ortho intramolecular Hbond substituents is 1. The summed E-state index contributed by atoms with van der Waals surface area (Å²) in [5.74, 6) is 1.25. The number of phenols is 1. The third-order valence-electron chi connectivity index (χ3n) is 5.74. The van der Waals surface area contributed by atoms with E-state index in [0.717, 1.165) is 29.6 Å². The number of benzene rings is 2. The van der Waals surface area contributed by atoms with Crippen LogP contribution in [0, 0.1) is 7.40 Å². The third-order valence-corrected chi connectivity index (χ3v) is 11.7. The molecule has 0 saturated heterocycles. The van der Waals surface area contributed by atoms with Gasteiger partial charge in [-0.2, -0.15) is 10.2 Å². The van der Waals surface area contributed by atoms with Gasteiger partial charge in [-0.05, 0) is 99.7 Å². The van der Waals surface area contributed by atoms with Gasteiger partial charge in [-0.25, -0.2) is 0 Å². The number of aromatic hydroxyl groups is 1. The van der Waals surface area contributed by atoms with Crippen molar-refractivity contribution in [1.29, 1.82) is 0 Å². The first-order valence-corrected chi connectivity index (χ1v) is 15.0. The molecular weight excluding hydrogens is 634 g/mol. The smallest absolute Gasteiger partial charge is 0.250 e. The molecule has 0 aliphatic rings. The summed E-state index contributed by atoms with van der Waals surface area (Å²) in [6.45, 7) is 11.3. The van der Waals surface area contributed by atoms with E-state index in [-0.39, 0.29) is 10.8 Å². The largest absolute Gasteiger partial charge is 0.543 e. The highest BCUT2D eigenvalue weighted by atomic mass is 127. The van der Waals surface area contributed by atoms with E-state index in [2.05, 4.69) is 107 Å². The number of hydrogen-bond acceptors (Lipinski definition) is 4. The van der Waals surface area contributed by atoms with E-state index in [0.29, 0.717) is 0 Å². The van der Waals surface area contributed by atoms with Crippen LogP contribution in [-0.2, 0) is 14.1 Å². The minimum Gasteiger partial charge on any atom is -0.543 e. The molecule has 2 heterocycles. The molecule has 2 aromatic carbocycles. The Morgan fingerprint density at radius 3 is 1.87 bits per heavy atom. The van der Waals surface area contributed by atoms with Crippen molar-refractivity contribution in [1.82, 2.24) is 19.6 Å². The van der Waals surface area contributed by atoms with Crippen LogP contribution in [0.1, 0.15) is 20.8 Å². The van der Waals surface area contributed by atoms with Crippen molar-refractivity contribution >= 4 is 75.3 Å². The van der Waals surface area contributed by atoms with Gasteiger partial charge >= 0.3 is 0 Å². The summed E-state index contributed by atoms with van der Waals surface area (Å²) in [7, 11) is 2.09. The quantitative estimate of drug-likeness (QED) is 0.198. The minimum absolute atomic E-state index is 0.212. The van der Waals surface area contributed by atoms with Gasteiger partial charge in [0.25, 0.3) is 0 Å². The molecule has 0 bridgehead atoms. The molecule has 0 aliphatic heterocycles. The zero-order valence-corrected chi connectivity index (χ0v) is 24.2. The Bertz CT molecular complexity index is 1240. The van der Waals surface area contributed by atoms with Gasteiger partial charge < -0.3 is 9.53 Å². The molecule has 0 unspecified atom stereocenters. The number of hydrogen-bond donors (Lipinski definition) is 1. The van der Waals surface area contributed by atoms with E-state index < -0.39 is 8.32 Å². The van der Waals surface area contributed by atoms with Crippen molar-refractivity contribution < 1.29 is 9.53 Å². The van der Waals surface area contributed by atoms with Gasteiger partial charge in [-0.15, -0.1) is 0 Å². The summed E-state index contributed by atoms with van der Waals surface area (Å²) in [6.07, 6.45) is 0. The van der Waals surface area contributed by atoms with Crippen molar-refractivity contribution in [2.24, 2.45) is 14.1 Å². The fourth-order valence-corrected chi connectivity index (χ4v) is 5.46. The second kappa shape index (κ2) is 8.89. The molecule has 4 rings (SSSR count). The van der Waals surface area contributed by atoms with Crippen molar-refractivity contribution in [2.45, 2.75) is 38.9 Å². The lowest BCUT2D eigenvalue weighted by Crippen LogP contribution is -2.43. The van der Waals surface area contributed by atoms with Crippen molar-refractivity contribution in [3.63, 3.8) is 0 Å². The van der Waals surface area contributed by atoms with E-state index >= 15 is 0 Å². The number of aryl methyl sites for hydroxylation is 2. The lowest BCUT2D eigenvalue weighted by molar-refractivity contribution is 0.476. The molecule has 9 heteroatoms. The van der Waals surface area contributed by atoms with Gasteiger partial charge in [-0.1, -0.05) is 20.8 Å². The molecule has 0 amide bonds. The number of aromatic nitrogens is 4. The fourth-order valence-electron chi connectivity index (χ4n) is 2.92. The van der Waals surface area contributed by atoms with Crippen LogP contribution in [0.4, 0.5) is 0 Å². The fraction of sp³-hybridized carbons (Fsp3) is 0.364. The second-order valence-electron chi connectivity index (χ2n) is 9.07. The molecule has 4 aromatic rings. The maximum Gasteiger partial charge on any atom is 0.250 e. The van der Waals surface area contributed by atoms with Gasteiger partial charge in [0.05, 0.1) is 11.0 Å². The molecule has 166 valence electrons. The number of nitrogens with zero attached hydrogens (tertiary/aromatic N) is 4. The van der Waals surface area contributed by atoms with Gasteiger partial charge in [0, 0.05) is 24.9 Å². The topological polar surface area (TPSA) is 65.1 Å². The molecule has 2 aromatic heterocycles. The summed E-state index contributed by atoms with van der Waals surface area (Å²) in [6, 6.07) is 11.5. The van der Waals surface area contributed by atoms with Crippen LogP contribution in [0.5, 0.6) is 11.5 Å². The van der Waals surface area contributed by atoms with Crippen LogP contribution < -0.4 is 4.43 Å². The van der Waals surface area contributed by atoms with Crippen molar-refractivity contribution in [3.05, 3.63) is 43.8 Å². The number of halogens is 2. The Hall–Kier alpha value is -1.34. The van der Waals surface area contributed by atoms with E-state index in [1.807, 2.05) is 24.8 Å². The van der Waals surface area contributed by atoms with Crippen molar-refractivity contribution in [3.8, 4) is 11.5 Å². The molecule has 6 nitrogen and oxygen atoms in total. The molecular formula is C22H28I2N4O2Si. The first-order valence-electron chi connectivity index (χ1n) is 9.92. The van der Waals surface area contributed by atoms with Gasteiger partial charge in [0.15, 0.2) is 0 Å². The zero-order chi connectivity index (χ0) is 23.1. The molecule has 0 spiro atoms. The lowest BCUT2D eigenvalue weighted by atomic mass is 10.2. The molecule has 0 fully saturated rings. The normalized spacial score (nSPS) is 12.2. The summed E-state index contributed by atoms with van der Waals surface area (Å²) < 4.78 is 12.0. The Labute approximate surface area is 211 Å². The maximum atomic E-state index is 9.22. The summed E-state index contributed by atoms with van der Waals surface area (Å²) >= 11 is 4.43. The SMILES string of the molecule is Cn1nc(I)c2cc(O)ccc21.Cn1nc(I)c2cc(O[Si](C)(C)C(C)(C)C)ccc21. The molecule has 0 aliphatic carbocycles. The Morgan fingerprint density at radius 1 is 0.871 bits per heavy atom. The first-order chi connectivity index (χ1) is 14.3.